The molecule has 5 nitrogen and oxygen atoms in total. The normalized spacial score (nSPS) is 17.8. The molecule has 0 bridgehead atoms. The SMILES string of the molecule is C#CCNC(=O)C(C)N1CCC(C(=O)N(CC)CC)CC1. The number of nitrogens with zero attached hydrogens (tertiary/aromatic N) is 2. The van der Waals surface area contributed by atoms with Gasteiger partial charge >= 0.3 is 0 Å². The van der Waals surface area contributed by atoms with Crippen LogP contribution in [-0.2, 0) is 9.59 Å². The van der Waals surface area contributed by atoms with Crippen LogP contribution in [0.2, 0.25) is 0 Å². The Bertz CT molecular complexity index is 391. The van der Waals surface area contributed by atoms with Gasteiger partial charge in [-0.2, -0.15) is 0 Å². The minimum atomic E-state index is -0.192. The van der Waals surface area contributed by atoms with E-state index in [-0.39, 0.29) is 30.3 Å². The third-order valence-electron chi connectivity index (χ3n) is 4.25. The molecule has 1 atom stereocenters. The fraction of sp³-hybridized carbons (Fsp3) is 0.750. The van der Waals surface area contributed by atoms with Crippen molar-refractivity contribution in [2.45, 2.75) is 39.7 Å². The van der Waals surface area contributed by atoms with Gasteiger partial charge in [0.05, 0.1) is 12.6 Å². The van der Waals surface area contributed by atoms with Crippen molar-refractivity contribution in [3.8, 4) is 12.3 Å². The average Bonchev–Trinajstić information content (AvgIpc) is 2.53. The van der Waals surface area contributed by atoms with Gasteiger partial charge < -0.3 is 10.2 Å². The van der Waals surface area contributed by atoms with Gasteiger partial charge in [0.2, 0.25) is 11.8 Å². The first-order valence-corrected chi connectivity index (χ1v) is 7.79. The number of carbonyl (C=O) groups excluding carboxylic acids is 2. The Balaban J connectivity index is 2.46. The molecule has 0 radical (unpaired) electrons. The highest BCUT2D eigenvalue weighted by Gasteiger charge is 2.30. The van der Waals surface area contributed by atoms with E-state index in [4.69, 9.17) is 6.42 Å². The maximum atomic E-state index is 12.3. The molecule has 0 aliphatic carbocycles. The number of terminal acetylenes is 1. The highest BCUT2D eigenvalue weighted by atomic mass is 16.2. The monoisotopic (exact) mass is 293 g/mol. The molecule has 1 rings (SSSR count). The molecule has 1 heterocycles. The second-order valence-electron chi connectivity index (χ2n) is 5.42. The number of carbonyl (C=O) groups is 2. The number of rotatable bonds is 6. The minimum Gasteiger partial charge on any atom is -0.344 e. The Morgan fingerprint density at radius 2 is 1.90 bits per heavy atom. The van der Waals surface area contributed by atoms with Gasteiger partial charge in [-0.25, -0.2) is 0 Å². The third-order valence-corrected chi connectivity index (χ3v) is 4.25. The lowest BCUT2D eigenvalue weighted by molar-refractivity contribution is -0.137. The molecular formula is C16H27N3O2. The standard InChI is InChI=1S/C16H27N3O2/c1-5-10-17-15(20)13(4)19-11-8-14(9-12-19)16(21)18(6-2)7-3/h1,13-14H,6-12H2,2-4H3,(H,17,20). The second kappa shape index (κ2) is 8.68. The van der Waals surface area contributed by atoms with Crippen molar-refractivity contribution in [3.63, 3.8) is 0 Å². The molecule has 0 aromatic heterocycles. The van der Waals surface area contributed by atoms with Crippen LogP contribution in [0.25, 0.3) is 0 Å². The number of likely N-dealkylation sites (tertiary alicyclic amines) is 1. The van der Waals surface area contributed by atoms with Crippen LogP contribution in [0.15, 0.2) is 0 Å². The number of hydrogen-bond acceptors (Lipinski definition) is 3. The average molecular weight is 293 g/mol. The van der Waals surface area contributed by atoms with E-state index in [2.05, 4.69) is 16.1 Å². The maximum absolute atomic E-state index is 12.3. The van der Waals surface area contributed by atoms with E-state index in [1.165, 1.54) is 0 Å². The van der Waals surface area contributed by atoms with Crippen LogP contribution in [0.5, 0.6) is 0 Å². The van der Waals surface area contributed by atoms with Gasteiger partial charge in [-0.1, -0.05) is 5.92 Å². The molecule has 1 aliphatic heterocycles. The fourth-order valence-corrected chi connectivity index (χ4v) is 2.78. The van der Waals surface area contributed by atoms with Gasteiger partial charge in [0.15, 0.2) is 0 Å². The van der Waals surface area contributed by atoms with E-state index < -0.39 is 0 Å². The number of nitrogens with one attached hydrogen (secondary N) is 1. The Labute approximate surface area is 128 Å². The zero-order valence-corrected chi connectivity index (χ0v) is 13.4. The van der Waals surface area contributed by atoms with E-state index in [9.17, 15) is 9.59 Å². The van der Waals surface area contributed by atoms with Crippen molar-refractivity contribution in [1.29, 1.82) is 0 Å². The van der Waals surface area contributed by atoms with Gasteiger partial charge in [0.1, 0.15) is 0 Å². The molecule has 21 heavy (non-hydrogen) atoms. The summed E-state index contributed by atoms with van der Waals surface area (Å²) in [6, 6.07) is -0.192. The number of amides is 2. The lowest BCUT2D eigenvalue weighted by Crippen LogP contribution is -2.50. The smallest absolute Gasteiger partial charge is 0.237 e. The first kappa shape index (κ1) is 17.5. The van der Waals surface area contributed by atoms with Gasteiger partial charge in [0.25, 0.3) is 0 Å². The van der Waals surface area contributed by atoms with Crippen LogP contribution in [0.1, 0.15) is 33.6 Å². The van der Waals surface area contributed by atoms with E-state index in [1.807, 2.05) is 25.7 Å². The highest BCUT2D eigenvalue weighted by molar-refractivity contribution is 5.82. The van der Waals surface area contributed by atoms with Gasteiger partial charge in [-0.3, -0.25) is 14.5 Å². The second-order valence-corrected chi connectivity index (χ2v) is 5.42. The van der Waals surface area contributed by atoms with Gasteiger partial charge in [-0.15, -0.1) is 6.42 Å². The Morgan fingerprint density at radius 3 is 2.38 bits per heavy atom. The predicted molar refractivity (Wildman–Crippen MR) is 83.5 cm³/mol. The summed E-state index contributed by atoms with van der Waals surface area (Å²) >= 11 is 0. The Morgan fingerprint density at radius 1 is 1.33 bits per heavy atom. The van der Waals surface area contributed by atoms with Crippen molar-refractivity contribution < 1.29 is 9.59 Å². The molecule has 1 N–H and O–H groups in total. The van der Waals surface area contributed by atoms with Crippen LogP contribution in [0.4, 0.5) is 0 Å². The quantitative estimate of drug-likeness (QED) is 0.734. The van der Waals surface area contributed by atoms with Crippen LogP contribution in [-0.4, -0.2) is 60.4 Å². The van der Waals surface area contributed by atoms with Gasteiger partial charge in [0, 0.05) is 19.0 Å². The number of piperidine rings is 1. The highest BCUT2D eigenvalue weighted by Crippen LogP contribution is 2.21. The molecule has 0 aromatic carbocycles. The van der Waals surface area contributed by atoms with Crippen LogP contribution in [0, 0.1) is 18.3 Å². The summed E-state index contributed by atoms with van der Waals surface area (Å²) in [7, 11) is 0. The van der Waals surface area contributed by atoms with Crippen molar-refractivity contribution >= 4 is 11.8 Å². The van der Waals surface area contributed by atoms with Crippen LogP contribution >= 0.6 is 0 Å². The van der Waals surface area contributed by atoms with E-state index >= 15 is 0 Å². The summed E-state index contributed by atoms with van der Waals surface area (Å²) in [4.78, 5) is 28.2. The summed E-state index contributed by atoms with van der Waals surface area (Å²) in [6.07, 6.45) is 6.78. The van der Waals surface area contributed by atoms with Crippen LogP contribution < -0.4 is 5.32 Å². The fourth-order valence-electron chi connectivity index (χ4n) is 2.78. The van der Waals surface area contributed by atoms with Gasteiger partial charge in [-0.05, 0) is 46.7 Å². The summed E-state index contributed by atoms with van der Waals surface area (Å²) in [5.41, 5.74) is 0. The van der Waals surface area contributed by atoms with Crippen molar-refractivity contribution in [2.75, 3.05) is 32.7 Å². The molecule has 0 saturated carbocycles. The third kappa shape index (κ3) is 4.75. The molecular weight excluding hydrogens is 266 g/mol. The first-order chi connectivity index (χ1) is 10.0. The number of hydrogen-bond donors (Lipinski definition) is 1. The van der Waals surface area contributed by atoms with Crippen molar-refractivity contribution in [2.24, 2.45) is 5.92 Å². The lowest BCUT2D eigenvalue weighted by Gasteiger charge is -2.36. The molecule has 1 unspecified atom stereocenters. The summed E-state index contributed by atoms with van der Waals surface area (Å²) in [6.45, 7) is 9.26. The summed E-state index contributed by atoms with van der Waals surface area (Å²) in [5, 5.41) is 2.71. The predicted octanol–water partition coefficient (Wildman–Crippen LogP) is 0.705. The summed E-state index contributed by atoms with van der Waals surface area (Å²) < 4.78 is 0. The van der Waals surface area contributed by atoms with Crippen LogP contribution in [0.3, 0.4) is 0 Å². The zero-order valence-electron chi connectivity index (χ0n) is 13.4. The molecule has 118 valence electrons. The Kier molecular flexibility index (Phi) is 7.24. The van der Waals surface area contributed by atoms with E-state index in [0.717, 1.165) is 39.0 Å². The molecule has 5 heteroatoms. The molecule has 1 aliphatic rings. The topological polar surface area (TPSA) is 52.7 Å². The zero-order chi connectivity index (χ0) is 15.8. The van der Waals surface area contributed by atoms with E-state index in [1.54, 1.807) is 0 Å². The maximum Gasteiger partial charge on any atom is 0.237 e. The molecule has 0 aromatic rings. The summed E-state index contributed by atoms with van der Waals surface area (Å²) in [5.74, 6) is 2.72. The largest absolute Gasteiger partial charge is 0.344 e. The minimum absolute atomic E-state index is 0.0403. The molecule has 0 spiro atoms. The van der Waals surface area contributed by atoms with Crippen molar-refractivity contribution in [3.05, 3.63) is 0 Å². The lowest BCUT2D eigenvalue weighted by atomic mass is 9.94. The molecule has 1 fully saturated rings. The molecule has 2 amide bonds. The van der Waals surface area contributed by atoms with E-state index in [0.29, 0.717) is 0 Å². The van der Waals surface area contributed by atoms with Crippen molar-refractivity contribution in [1.82, 2.24) is 15.1 Å². The molecule has 1 saturated heterocycles. The first-order valence-electron chi connectivity index (χ1n) is 7.79. The Hall–Kier alpha value is -1.54.